The van der Waals surface area contributed by atoms with Gasteiger partial charge in [-0.1, -0.05) is 36.4 Å². The van der Waals surface area contributed by atoms with Crippen molar-refractivity contribution in [2.45, 2.75) is 38.2 Å². The van der Waals surface area contributed by atoms with E-state index in [2.05, 4.69) is 29.0 Å². The second-order valence-electron chi connectivity index (χ2n) is 10.7. The van der Waals surface area contributed by atoms with Crippen molar-refractivity contribution in [3.05, 3.63) is 83.4 Å². The van der Waals surface area contributed by atoms with Gasteiger partial charge in [-0.25, -0.2) is 4.98 Å². The number of H-pyrrole nitrogens is 1. The van der Waals surface area contributed by atoms with E-state index in [-0.39, 0.29) is 5.91 Å². The Morgan fingerprint density at radius 3 is 2.45 bits per heavy atom. The first-order valence-electron chi connectivity index (χ1n) is 13.3. The number of ether oxygens (including phenoxy) is 2. The third kappa shape index (κ3) is 5.60. The topological polar surface area (TPSA) is 111 Å². The van der Waals surface area contributed by atoms with E-state index in [1.54, 1.807) is 19.6 Å². The molecule has 5 rings (SSSR count). The number of methoxy groups -OCH3 is 1. The maximum Gasteiger partial charge on any atom is 0.227 e. The van der Waals surface area contributed by atoms with Crippen LogP contribution in [0.3, 0.4) is 0 Å². The summed E-state index contributed by atoms with van der Waals surface area (Å²) in [6.45, 7) is 3.70. The number of nitrogens with zero attached hydrogens (tertiary/aromatic N) is 2. The van der Waals surface area contributed by atoms with Gasteiger partial charge in [0.1, 0.15) is 11.4 Å². The number of benzene rings is 2. The van der Waals surface area contributed by atoms with Crippen molar-refractivity contribution in [2.75, 3.05) is 26.8 Å². The Morgan fingerprint density at radius 1 is 1.11 bits per heavy atom. The Morgan fingerprint density at radius 2 is 1.84 bits per heavy atom. The number of carbonyl (C=O) groups excluding carboxylic acids is 2. The first-order chi connectivity index (χ1) is 18.4. The molecule has 2 aromatic carbocycles. The van der Waals surface area contributed by atoms with E-state index in [1.807, 2.05) is 41.3 Å². The summed E-state index contributed by atoms with van der Waals surface area (Å²) in [7, 11) is 1.62. The second kappa shape index (κ2) is 11.0. The van der Waals surface area contributed by atoms with Crippen molar-refractivity contribution < 1.29 is 19.1 Å². The molecule has 1 saturated carbocycles. The molecule has 2 aliphatic rings. The highest BCUT2D eigenvalue weighted by molar-refractivity contribution is 5.88. The number of rotatable bonds is 12. The average Bonchev–Trinajstić information content (AvgIpc) is 3.58. The van der Waals surface area contributed by atoms with Crippen LogP contribution >= 0.6 is 0 Å². The van der Waals surface area contributed by atoms with Crippen molar-refractivity contribution in [1.82, 2.24) is 14.9 Å². The maximum absolute atomic E-state index is 14.1. The fraction of sp³-hybridized carbons (Fsp3) is 0.433. The van der Waals surface area contributed by atoms with E-state index in [0.717, 1.165) is 28.1 Å². The first-order valence-corrected chi connectivity index (χ1v) is 13.3. The van der Waals surface area contributed by atoms with Crippen LogP contribution in [-0.4, -0.2) is 53.5 Å². The Hall–Kier alpha value is -3.65. The minimum absolute atomic E-state index is 0.0802. The third-order valence-electron chi connectivity index (χ3n) is 7.91. The van der Waals surface area contributed by atoms with E-state index in [1.165, 1.54) is 12.8 Å². The smallest absolute Gasteiger partial charge is 0.227 e. The van der Waals surface area contributed by atoms with Crippen LogP contribution < -0.4 is 10.5 Å². The van der Waals surface area contributed by atoms with Gasteiger partial charge in [0.05, 0.1) is 45.0 Å². The van der Waals surface area contributed by atoms with E-state index in [9.17, 15) is 9.59 Å². The molecule has 2 atom stereocenters. The Bertz CT molecular complexity index is 1250. The summed E-state index contributed by atoms with van der Waals surface area (Å²) in [5.74, 6) is -0.546. The minimum Gasteiger partial charge on any atom is -0.497 e. The monoisotopic (exact) mass is 516 g/mol. The predicted octanol–water partition coefficient (Wildman–Crippen LogP) is 3.39. The molecule has 1 aromatic heterocycles. The van der Waals surface area contributed by atoms with Crippen molar-refractivity contribution in [1.29, 1.82) is 0 Å². The molecule has 38 heavy (non-hydrogen) atoms. The SMILES string of the molecule is COc1ccc(C[C@H](C(=O)N2CC(OCC3CC3)(c3ccccc3C)C2)C(Cc2cnc[nH]2)C(N)=O)cc1. The molecule has 2 heterocycles. The molecule has 0 spiro atoms. The number of carbonyl (C=O) groups is 2. The highest BCUT2D eigenvalue weighted by Crippen LogP contribution is 2.41. The number of amides is 2. The van der Waals surface area contributed by atoms with Gasteiger partial charge in [-0.2, -0.15) is 0 Å². The molecule has 1 saturated heterocycles. The number of hydrogen-bond donors (Lipinski definition) is 2. The van der Waals surface area contributed by atoms with Crippen molar-refractivity contribution in [3.63, 3.8) is 0 Å². The van der Waals surface area contributed by atoms with Crippen LogP contribution in [0.4, 0.5) is 0 Å². The number of nitrogens with one attached hydrogen (secondary N) is 1. The molecule has 8 nitrogen and oxygen atoms in total. The Balaban J connectivity index is 1.40. The van der Waals surface area contributed by atoms with Crippen LogP contribution in [0.1, 0.15) is 35.2 Å². The molecule has 1 aliphatic carbocycles. The van der Waals surface area contributed by atoms with Gasteiger partial charge in [0, 0.05) is 18.3 Å². The Labute approximate surface area is 223 Å². The third-order valence-corrected chi connectivity index (χ3v) is 7.91. The summed E-state index contributed by atoms with van der Waals surface area (Å²) < 4.78 is 11.8. The molecule has 2 amide bonds. The molecule has 0 radical (unpaired) electrons. The second-order valence-corrected chi connectivity index (χ2v) is 10.7. The molecule has 200 valence electrons. The lowest BCUT2D eigenvalue weighted by Crippen LogP contribution is -2.64. The molecule has 1 aliphatic heterocycles. The van der Waals surface area contributed by atoms with E-state index in [4.69, 9.17) is 15.2 Å². The summed E-state index contributed by atoms with van der Waals surface area (Å²) in [5, 5.41) is 0. The predicted molar refractivity (Wildman–Crippen MR) is 143 cm³/mol. The van der Waals surface area contributed by atoms with Gasteiger partial charge in [-0.15, -0.1) is 0 Å². The number of likely N-dealkylation sites (tertiary alicyclic amines) is 1. The molecular weight excluding hydrogens is 480 g/mol. The lowest BCUT2D eigenvalue weighted by molar-refractivity contribution is -0.179. The first kappa shape index (κ1) is 26.0. The Kier molecular flexibility index (Phi) is 7.51. The zero-order valence-electron chi connectivity index (χ0n) is 22.1. The highest BCUT2D eigenvalue weighted by Gasteiger charge is 2.51. The molecule has 8 heteroatoms. The lowest BCUT2D eigenvalue weighted by atomic mass is 9.78. The van der Waals surface area contributed by atoms with Crippen LogP contribution in [0.5, 0.6) is 5.75 Å². The summed E-state index contributed by atoms with van der Waals surface area (Å²) in [5.41, 5.74) is 9.37. The standard InChI is InChI=1S/C30H36N4O4/c1-20-5-3-4-6-27(20)30(38-16-22-7-8-22)17-34(18-30)29(36)26(13-21-9-11-24(37-2)12-10-21)25(28(31)35)14-23-15-32-19-33-23/h3-6,9-12,15,19,22,25-26H,7-8,13-14,16-18H2,1-2H3,(H2,31,35)(H,32,33)/t25?,26-/m0/s1. The van der Waals surface area contributed by atoms with E-state index >= 15 is 0 Å². The van der Waals surface area contributed by atoms with Crippen LogP contribution in [0.25, 0.3) is 0 Å². The van der Waals surface area contributed by atoms with Gasteiger partial charge in [-0.3, -0.25) is 9.59 Å². The number of nitrogens with two attached hydrogens (primary N) is 1. The van der Waals surface area contributed by atoms with Crippen LogP contribution in [0, 0.1) is 24.7 Å². The van der Waals surface area contributed by atoms with Gasteiger partial charge in [0.25, 0.3) is 0 Å². The molecule has 1 unspecified atom stereocenters. The normalized spacial score (nSPS) is 17.9. The van der Waals surface area contributed by atoms with E-state index in [0.29, 0.717) is 38.5 Å². The summed E-state index contributed by atoms with van der Waals surface area (Å²) in [6, 6.07) is 15.8. The maximum atomic E-state index is 14.1. The molecule has 3 aromatic rings. The molecular formula is C30H36N4O4. The number of aromatic amines is 1. The minimum atomic E-state index is -0.689. The molecule has 0 bridgehead atoms. The van der Waals surface area contributed by atoms with Gasteiger partial charge in [-0.05, 0) is 60.9 Å². The number of primary amides is 1. The average molecular weight is 517 g/mol. The summed E-state index contributed by atoms with van der Waals surface area (Å²) >= 11 is 0. The van der Waals surface area contributed by atoms with Gasteiger partial charge < -0.3 is 25.1 Å². The fourth-order valence-corrected chi connectivity index (χ4v) is 5.44. The molecule has 2 fully saturated rings. The number of hydrogen-bond acceptors (Lipinski definition) is 5. The van der Waals surface area contributed by atoms with Crippen LogP contribution in [-0.2, 0) is 32.8 Å². The summed E-state index contributed by atoms with van der Waals surface area (Å²) in [6.07, 6.45) is 6.34. The summed E-state index contributed by atoms with van der Waals surface area (Å²) in [4.78, 5) is 35.8. The lowest BCUT2D eigenvalue weighted by Gasteiger charge is -2.51. The van der Waals surface area contributed by atoms with E-state index < -0.39 is 23.3 Å². The van der Waals surface area contributed by atoms with Crippen LogP contribution in [0.15, 0.2) is 61.1 Å². The number of imidazole rings is 1. The van der Waals surface area contributed by atoms with Gasteiger partial charge in [0.15, 0.2) is 0 Å². The quantitative estimate of drug-likeness (QED) is 0.383. The van der Waals surface area contributed by atoms with Crippen LogP contribution in [0.2, 0.25) is 0 Å². The largest absolute Gasteiger partial charge is 0.497 e. The van der Waals surface area contributed by atoms with Crippen molar-refractivity contribution in [2.24, 2.45) is 23.5 Å². The fourth-order valence-electron chi connectivity index (χ4n) is 5.44. The zero-order chi connectivity index (χ0) is 26.7. The van der Waals surface area contributed by atoms with Gasteiger partial charge >= 0.3 is 0 Å². The highest BCUT2D eigenvalue weighted by atomic mass is 16.5. The van der Waals surface area contributed by atoms with Crippen molar-refractivity contribution >= 4 is 11.8 Å². The molecule has 3 N–H and O–H groups in total. The number of aromatic nitrogens is 2. The van der Waals surface area contributed by atoms with Gasteiger partial charge in [0.2, 0.25) is 11.8 Å². The van der Waals surface area contributed by atoms with Crippen molar-refractivity contribution in [3.8, 4) is 5.75 Å². The zero-order valence-corrected chi connectivity index (χ0v) is 22.1. The number of aryl methyl sites for hydroxylation is 1.